The first kappa shape index (κ1) is 28.2. The molecule has 4 heteroatoms. The molecule has 0 aliphatic rings. The van der Waals surface area contributed by atoms with Gasteiger partial charge in [-0.3, -0.25) is 9.97 Å². The van der Waals surface area contributed by atoms with E-state index in [9.17, 15) is 0 Å². The molecule has 0 saturated carbocycles. The van der Waals surface area contributed by atoms with Crippen molar-refractivity contribution in [3.63, 3.8) is 0 Å². The topological polar surface area (TPSA) is 35.6 Å². The lowest BCUT2D eigenvalue weighted by atomic mass is 9.98. The molecular formula is C44H34N4. The predicted molar refractivity (Wildman–Crippen MR) is 201 cm³/mol. The molecule has 0 radical (unpaired) electrons. The second-order valence-electron chi connectivity index (χ2n) is 13.1. The van der Waals surface area contributed by atoms with Crippen molar-refractivity contribution >= 4 is 43.6 Å². The van der Waals surface area contributed by atoms with Gasteiger partial charge in [-0.25, -0.2) is 0 Å². The van der Waals surface area contributed by atoms with Gasteiger partial charge in [-0.2, -0.15) is 0 Å². The molecule has 5 aromatic carbocycles. The fraction of sp³-hybridized carbons (Fsp3) is 0.0909. The van der Waals surface area contributed by atoms with E-state index in [2.05, 4.69) is 145 Å². The third kappa shape index (κ3) is 4.37. The molecule has 0 atom stereocenters. The molecule has 48 heavy (non-hydrogen) atoms. The molecule has 230 valence electrons. The highest BCUT2D eigenvalue weighted by molar-refractivity contribution is 6.12. The second kappa shape index (κ2) is 10.8. The molecule has 0 aliphatic heterocycles. The second-order valence-corrected chi connectivity index (χ2v) is 13.1. The van der Waals surface area contributed by atoms with Crippen LogP contribution >= 0.6 is 0 Å². The van der Waals surface area contributed by atoms with Crippen LogP contribution < -0.4 is 0 Å². The van der Waals surface area contributed by atoms with Crippen LogP contribution in [0.25, 0.3) is 77.2 Å². The zero-order chi connectivity index (χ0) is 32.5. The molecule has 0 bridgehead atoms. The summed E-state index contributed by atoms with van der Waals surface area (Å²) in [7, 11) is 0. The number of rotatable bonds is 4. The fourth-order valence-electron chi connectivity index (χ4n) is 7.48. The van der Waals surface area contributed by atoms with Crippen molar-refractivity contribution in [1.29, 1.82) is 0 Å². The van der Waals surface area contributed by atoms with Gasteiger partial charge < -0.3 is 9.13 Å². The maximum absolute atomic E-state index is 5.01. The summed E-state index contributed by atoms with van der Waals surface area (Å²) in [5.41, 5.74) is 16.2. The Bertz CT molecular complexity index is 2450. The van der Waals surface area contributed by atoms with Crippen LogP contribution in [0.3, 0.4) is 0 Å². The molecule has 0 aliphatic carbocycles. The number of nitrogens with zero attached hydrogens (tertiary/aromatic N) is 4. The predicted octanol–water partition coefficient (Wildman–Crippen LogP) is 11.2. The largest absolute Gasteiger partial charge is 0.307 e. The van der Waals surface area contributed by atoms with Crippen LogP contribution in [-0.2, 0) is 0 Å². The minimum absolute atomic E-state index is 1.04. The molecule has 0 fully saturated rings. The van der Waals surface area contributed by atoms with E-state index in [1.165, 1.54) is 65.9 Å². The number of fused-ring (bicyclic) bond motifs is 6. The maximum Gasteiger partial charge on any atom is 0.0745 e. The van der Waals surface area contributed by atoms with Gasteiger partial charge in [0.25, 0.3) is 0 Å². The maximum atomic E-state index is 5.01. The van der Waals surface area contributed by atoms with Gasteiger partial charge in [0.05, 0.1) is 45.8 Å². The van der Waals surface area contributed by atoms with Crippen molar-refractivity contribution in [2.75, 3.05) is 0 Å². The normalized spacial score (nSPS) is 11.8. The zero-order valence-corrected chi connectivity index (χ0v) is 27.5. The van der Waals surface area contributed by atoms with Crippen molar-refractivity contribution in [3.8, 4) is 33.6 Å². The fourth-order valence-corrected chi connectivity index (χ4v) is 7.48. The highest BCUT2D eigenvalue weighted by Gasteiger charge is 2.23. The Labute approximate surface area is 279 Å². The van der Waals surface area contributed by atoms with Gasteiger partial charge in [0.2, 0.25) is 0 Å². The van der Waals surface area contributed by atoms with Gasteiger partial charge in [0, 0.05) is 45.1 Å². The van der Waals surface area contributed by atoms with Crippen molar-refractivity contribution < 1.29 is 0 Å². The summed E-state index contributed by atoms with van der Waals surface area (Å²) < 4.78 is 4.82. The van der Waals surface area contributed by atoms with Crippen molar-refractivity contribution in [3.05, 3.63) is 156 Å². The number of aryl methyl sites for hydroxylation is 4. The number of hydrogen-bond acceptors (Lipinski definition) is 2. The van der Waals surface area contributed by atoms with E-state index in [0.717, 1.165) is 33.6 Å². The first-order valence-corrected chi connectivity index (χ1v) is 16.5. The van der Waals surface area contributed by atoms with Gasteiger partial charge >= 0.3 is 0 Å². The molecule has 0 spiro atoms. The zero-order valence-electron chi connectivity index (χ0n) is 27.5. The molecule has 0 N–H and O–H groups in total. The highest BCUT2D eigenvalue weighted by Crippen LogP contribution is 2.42. The quantitative estimate of drug-likeness (QED) is 0.197. The molecule has 4 heterocycles. The third-order valence-corrected chi connectivity index (χ3v) is 9.69. The van der Waals surface area contributed by atoms with E-state index in [1.54, 1.807) is 0 Å². The monoisotopic (exact) mass is 618 g/mol. The van der Waals surface area contributed by atoms with Gasteiger partial charge in [0.15, 0.2) is 0 Å². The van der Waals surface area contributed by atoms with Gasteiger partial charge in [-0.1, -0.05) is 70.8 Å². The van der Waals surface area contributed by atoms with Crippen LogP contribution in [0.15, 0.2) is 134 Å². The van der Waals surface area contributed by atoms with Crippen LogP contribution in [0.2, 0.25) is 0 Å². The van der Waals surface area contributed by atoms with E-state index in [0.29, 0.717) is 0 Å². The molecule has 9 rings (SSSR count). The number of hydrogen-bond donors (Lipinski definition) is 0. The molecule has 0 unspecified atom stereocenters. The van der Waals surface area contributed by atoms with Crippen molar-refractivity contribution in [2.45, 2.75) is 27.7 Å². The summed E-state index contributed by atoms with van der Waals surface area (Å²) in [6, 6.07) is 40.1. The van der Waals surface area contributed by atoms with E-state index in [1.807, 2.05) is 30.9 Å². The molecule has 0 amide bonds. The summed E-state index contributed by atoms with van der Waals surface area (Å²) in [5.74, 6) is 0. The highest BCUT2D eigenvalue weighted by atomic mass is 15.0. The first-order valence-electron chi connectivity index (χ1n) is 16.5. The summed E-state index contributed by atoms with van der Waals surface area (Å²) in [6.45, 7) is 8.67. The van der Waals surface area contributed by atoms with Crippen LogP contribution in [-0.4, -0.2) is 19.1 Å². The smallest absolute Gasteiger partial charge is 0.0745 e. The Hall–Kier alpha value is -6.00. The average Bonchev–Trinajstić information content (AvgIpc) is 3.59. The summed E-state index contributed by atoms with van der Waals surface area (Å²) >= 11 is 0. The molecule has 0 saturated heterocycles. The summed E-state index contributed by atoms with van der Waals surface area (Å²) in [6.07, 6.45) is 7.83. The SMILES string of the molecule is Cc1ccc2c(c1)c1cc(C)ccc1n2-c1cncc(-n2c3ccc(C)cc3c3cc(C)ccc32)c1-c1cccc(-c2cccnc2)c1. The van der Waals surface area contributed by atoms with E-state index in [4.69, 9.17) is 4.98 Å². The van der Waals surface area contributed by atoms with Gasteiger partial charge in [0.1, 0.15) is 0 Å². The Morgan fingerprint density at radius 3 is 1.27 bits per heavy atom. The van der Waals surface area contributed by atoms with Crippen LogP contribution in [0.5, 0.6) is 0 Å². The van der Waals surface area contributed by atoms with E-state index < -0.39 is 0 Å². The average molecular weight is 619 g/mol. The number of pyridine rings is 2. The standard InChI is InChI=1S/C44H34N4/c1-27-10-14-38-34(19-27)35-20-28(2)11-15-39(35)47(38)42-25-46-26-43(44(42)32-8-5-7-31(23-32)33-9-6-18-45-24-33)48-40-16-12-29(3)21-36(40)37-22-30(4)13-17-41(37)48/h5-26H,1-4H3. The Morgan fingerprint density at radius 1 is 0.396 bits per heavy atom. The number of benzene rings is 5. The lowest BCUT2D eigenvalue weighted by molar-refractivity contribution is 1.09. The number of aromatic nitrogens is 4. The Balaban J connectivity index is 1.44. The van der Waals surface area contributed by atoms with Crippen molar-refractivity contribution in [1.82, 2.24) is 19.1 Å². The summed E-state index contributed by atoms with van der Waals surface area (Å²) in [4.78, 5) is 9.44. The van der Waals surface area contributed by atoms with Gasteiger partial charge in [-0.15, -0.1) is 0 Å². The van der Waals surface area contributed by atoms with Gasteiger partial charge in [-0.05, 0) is 99.5 Å². The van der Waals surface area contributed by atoms with Crippen molar-refractivity contribution in [2.24, 2.45) is 0 Å². The Morgan fingerprint density at radius 2 is 0.833 bits per heavy atom. The van der Waals surface area contributed by atoms with Crippen LogP contribution in [0.4, 0.5) is 0 Å². The lowest BCUT2D eigenvalue weighted by Crippen LogP contribution is -2.05. The molecule has 4 nitrogen and oxygen atoms in total. The minimum Gasteiger partial charge on any atom is -0.307 e. The molecule has 9 aromatic rings. The lowest BCUT2D eigenvalue weighted by Gasteiger charge is -2.20. The summed E-state index contributed by atoms with van der Waals surface area (Å²) in [5, 5.41) is 4.99. The Kier molecular flexibility index (Phi) is 6.34. The van der Waals surface area contributed by atoms with E-state index in [-0.39, 0.29) is 0 Å². The minimum atomic E-state index is 1.04. The third-order valence-electron chi connectivity index (χ3n) is 9.69. The molecular weight excluding hydrogens is 585 g/mol. The molecule has 4 aromatic heterocycles. The van der Waals surface area contributed by atoms with Crippen LogP contribution in [0, 0.1) is 27.7 Å². The van der Waals surface area contributed by atoms with E-state index >= 15 is 0 Å². The van der Waals surface area contributed by atoms with Crippen LogP contribution in [0.1, 0.15) is 22.3 Å². The first-order chi connectivity index (χ1) is 23.4.